The molecule has 3 rings (SSSR count). The number of benzene rings is 1. The highest BCUT2D eigenvalue weighted by Gasteiger charge is 2.28. The average molecular weight is 322 g/mol. The molecule has 1 fully saturated rings. The Morgan fingerprint density at radius 2 is 1.91 bits per heavy atom. The van der Waals surface area contributed by atoms with E-state index in [0.717, 1.165) is 17.9 Å². The van der Waals surface area contributed by atoms with Crippen LogP contribution in [0.15, 0.2) is 34.9 Å². The van der Waals surface area contributed by atoms with Crippen molar-refractivity contribution in [1.29, 1.82) is 0 Å². The Bertz CT molecular complexity index is 696. The van der Waals surface area contributed by atoms with E-state index in [1.54, 1.807) is 6.26 Å². The number of hydrogen-bond donors (Lipinski definition) is 1. The summed E-state index contributed by atoms with van der Waals surface area (Å²) in [6, 6.07) is 5.46. The maximum Gasteiger partial charge on any atom is 0.260 e. The van der Waals surface area contributed by atoms with Crippen molar-refractivity contribution in [3.63, 3.8) is 0 Å². The third-order valence-corrected chi connectivity index (χ3v) is 3.90. The number of piperazine rings is 1. The van der Waals surface area contributed by atoms with Gasteiger partial charge in [0.1, 0.15) is 17.1 Å². The second-order valence-electron chi connectivity index (χ2n) is 5.40. The minimum absolute atomic E-state index is 0.355. The van der Waals surface area contributed by atoms with Crippen molar-refractivity contribution in [3.8, 4) is 5.75 Å². The molecule has 0 bridgehead atoms. The quantitative estimate of drug-likeness (QED) is 0.941. The normalized spacial score (nSPS) is 15.8. The van der Waals surface area contributed by atoms with Crippen molar-refractivity contribution in [1.82, 2.24) is 9.80 Å². The van der Waals surface area contributed by atoms with Crippen molar-refractivity contribution < 1.29 is 23.1 Å². The molecule has 2 aromatic rings. The highest BCUT2D eigenvalue weighted by Crippen LogP contribution is 2.23. The fraction of sp³-hybridized carbons (Fsp3) is 0.312. The van der Waals surface area contributed by atoms with Crippen molar-refractivity contribution in [2.75, 3.05) is 26.2 Å². The number of phenolic OH excluding ortho intramolecular Hbond substituents is 1. The highest BCUT2D eigenvalue weighted by atomic mass is 19.1. The van der Waals surface area contributed by atoms with E-state index >= 15 is 0 Å². The van der Waals surface area contributed by atoms with Gasteiger partial charge in [-0.3, -0.25) is 9.69 Å². The minimum atomic E-state index is -1.21. The molecular weight excluding hydrogens is 306 g/mol. The summed E-state index contributed by atoms with van der Waals surface area (Å²) in [5, 5.41) is 9.33. The van der Waals surface area contributed by atoms with Crippen LogP contribution < -0.4 is 0 Å². The van der Waals surface area contributed by atoms with Crippen LogP contribution in [0, 0.1) is 11.6 Å². The second kappa shape index (κ2) is 6.37. The monoisotopic (exact) mass is 322 g/mol. The number of rotatable bonds is 3. The number of phenols is 1. The topological polar surface area (TPSA) is 56.9 Å². The molecule has 0 saturated carbocycles. The Hall–Kier alpha value is -2.41. The van der Waals surface area contributed by atoms with Crippen molar-refractivity contribution in [2.24, 2.45) is 0 Å². The van der Waals surface area contributed by atoms with Crippen LogP contribution in [-0.4, -0.2) is 47.0 Å². The van der Waals surface area contributed by atoms with Gasteiger partial charge in [-0.2, -0.15) is 0 Å². The van der Waals surface area contributed by atoms with Crippen LogP contribution in [0.3, 0.4) is 0 Å². The Morgan fingerprint density at radius 3 is 2.57 bits per heavy atom. The van der Waals surface area contributed by atoms with Gasteiger partial charge < -0.3 is 14.4 Å². The number of nitrogens with zero attached hydrogens (tertiary/aromatic N) is 2. The van der Waals surface area contributed by atoms with E-state index in [9.17, 15) is 18.7 Å². The van der Waals surface area contributed by atoms with E-state index in [1.165, 1.54) is 4.90 Å². The minimum Gasteiger partial charge on any atom is -0.505 e. The zero-order valence-corrected chi connectivity index (χ0v) is 12.3. The van der Waals surface area contributed by atoms with Gasteiger partial charge in [0.05, 0.1) is 12.8 Å². The molecular formula is C16H16F2N2O3. The molecule has 1 amide bonds. The van der Waals surface area contributed by atoms with E-state index < -0.39 is 28.9 Å². The fourth-order valence-corrected chi connectivity index (χ4v) is 2.63. The molecule has 1 saturated heterocycles. The van der Waals surface area contributed by atoms with Gasteiger partial charge in [0.15, 0.2) is 11.6 Å². The fourth-order valence-electron chi connectivity index (χ4n) is 2.63. The molecule has 0 unspecified atom stereocenters. The summed E-state index contributed by atoms with van der Waals surface area (Å²) in [7, 11) is 0. The van der Waals surface area contributed by atoms with Crippen LogP contribution >= 0.6 is 0 Å². The number of amides is 1. The molecule has 0 atom stereocenters. The lowest BCUT2D eigenvalue weighted by atomic mass is 10.1. The van der Waals surface area contributed by atoms with Gasteiger partial charge >= 0.3 is 0 Å². The molecule has 23 heavy (non-hydrogen) atoms. The van der Waals surface area contributed by atoms with Crippen LogP contribution in [0.25, 0.3) is 0 Å². The summed E-state index contributed by atoms with van der Waals surface area (Å²) in [6.45, 7) is 2.50. The third-order valence-electron chi connectivity index (χ3n) is 3.90. The van der Waals surface area contributed by atoms with Crippen LogP contribution in [0.1, 0.15) is 16.1 Å². The Balaban J connectivity index is 1.66. The van der Waals surface area contributed by atoms with E-state index in [-0.39, 0.29) is 0 Å². The zero-order chi connectivity index (χ0) is 16.4. The number of furan rings is 1. The SMILES string of the molecule is O=C(c1c(F)ccc(O)c1F)N1CCN(Cc2ccco2)CC1. The number of aromatic hydroxyl groups is 1. The summed E-state index contributed by atoms with van der Waals surface area (Å²) in [6.07, 6.45) is 1.60. The average Bonchev–Trinajstić information content (AvgIpc) is 3.05. The first-order valence-electron chi connectivity index (χ1n) is 7.27. The molecule has 1 aliphatic rings. The summed E-state index contributed by atoms with van der Waals surface area (Å²) in [4.78, 5) is 15.8. The van der Waals surface area contributed by atoms with Gasteiger partial charge in [0, 0.05) is 26.2 Å². The predicted molar refractivity (Wildman–Crippen MR) is 77.9 cm³/mol. The molecule has 1 aromatic carbocycles. The van der Waals surface area contributed by atoms with Crippen molar-refractivity contribution in [3.05, 3.63) is 53.5 Å². The summed E-state index contributed by atoms with van der Waals surface area (Å²) in [5.74, 6) is -2.83. The lowest BCUT2D eigenvalue weighted by molar-refractivity contribution is 0.0610. The van der Waals surface area contributed by atoms with Gasteiger partial charge in [-0.05, 0) is 24.3 Å². The van der Waals surface area contributed by atoms with Crippen LogP contribution in [0.4, 0.5) is 8.78 Å². The lowest BCUT2D eigenvalue weighted by Gasteiger charge is -2.34. The number of carbonyl (C=O) groups is 1. The first-order valence-corrected chi connectivity index (χ1v) is 7.27. The third kappa shape index (κ3) is 3.19. The van der Waals surface area contributed by atoms with Gasteiger partial charge in [-0.15, -0.1) is 0 Å². The molecule has 1 N–H and O–H groups in total. The maximum atomic E-state index is 13.8. The molecule has 1 aromatic heterocycles. The largest absolute Gasteiger partial charge is 0.505 e. The number of carbonyl (C=O) groups excluding carboxylic acids is 1. The van der Waals surface area contributed by atoms with Gasteiger partial charge in [0.25, 0.3) is 5.91 Å². The molecule has 7 heteroatoms. The Morgan fingerprint density at radius 1 is 1.17 bits per heavy atom. The predicted octanol–water partition coefficient (Wildman–Crippen LogP) is 2.22. The lowest BCUT2D eigenvalue weighted by Crippen LogP contribution is -2.48. The van der Waals surface area contributed by atoms with E-state index in [0.29, 0.717) is 32.7 Å². The summed E-state index contributed by atoms with van der Waals surface area (Å²) < 4.78 is 32.9. The van der Waals surface area contributed by atoms with Crippen molar-refractivity contribution in [2.45, 2.75) is 6.54 Å². The van der Waals surface area contributed by atoms with Crippen LogP contribution in [0.5, 0.6) is 5.75 Å². The molecule has 122 valence electrons. The maximum absolute atomic E-state index is 13.8. The van der Waals surface area contributed by atoms with Gasteiger partial charge in [-0.1, -0.05) is 0 Å². The van der Waals surface area contributed by atoms with Gasteiger partial charge in [-0.25, -0.2) is 8.78 Å². The molecule has 5 nitrogen and oxygen atoms in total. The molecule has 2 heterocycles. The summed E-state index contributed by atoms with van der Waals surface area (Å²) in [5.41, 5.74) is -0.704. The Labute approximate surface area is 131 Å². The number of hydrogen-bond acceptors (Lipinski definition) is 4. The van der Waals surface area contributed by atoms with E-state index in [4.69, 9.17) is 4.42 Å². The smallest absolute Gasteiger partial charge is 0.260 e. The molecule has 0 aliphatic carbocycles. The Kier molecular flexibility index (Phi) is 4.29. The van der Waals surface area contributed by atoms with Crippen molar-refractivity contribution >= 4 is 5.91 Å². The first kappa shape index (κ1) is 15.5. The first-order chi connectivity index (χ1) is 11.1. The summed E-state index contributed by atoms with van der Waals surface area (Å²) >= 11 is 0. The van der Waals surface area contributed by atoms with Gasteiger partial charge in [0.2, 0.25) is 0 Å². The highest BCUT2D eigenvalue weighted by molar-refractivity contribution is 5.95. The molecule has 1 aliphatic heterocycles. The van der Waals surface area contributed by atoms with Crippen LogP contribution in [-0.2, 0) is 6.54 Å². The van der Waals surface area contributed by atoms with E-state index in [2.05, 4.69) is 4.90 Å². The van der Waals surface area contributed by atoms with E-state index in [1.807, 2.05) is 12.1 Å². The number of halogens is 2. The molecule has 0 radical (unpaired) electrons. The molecule has 0 spiro atoms. The van der Waals surface area contributed by atoms with Crippen LogP contribution in [0.2, 0.25) is 0 Å². The second-order valence-corrected chi connectivity index (χ2v) is 5.40. The zero-order valence-electron chi connectivity index (χ0n) is 12.3. The standard InChI is InChI=1S/C16H16F2N2O3/c17-12-3-4-13(21)15(18)14(12)16(22)20-7-5-19(6-8-20)10-11-2-1-9-23-11/h1-4,9,21H,5-8,10H2.